The summed E-state index contributed by atoms with van der Waals surface area (Å²) < 4.78 is 0. The van der Waals surface area contributed by atoms with Gasteiger partial charge in [0.15, 0.2) is 0 Å². The van der Waals surface area contributed by atoms with Crippen LogP contribution < -0.4 is 0 Å². The van der Waals surface area contributed by atoms with E-state index in [0.717, 1.165) is 0 Å². The Hall–Kier alpha value is 1.30. The zero-order valence-corrected chi connectivity index (χ0v) is 5.60. The van der Waals surface area contributed by atoms with Gasteiger partial charge in [0.1, 0.15) is 0 Å². The Labute approximate surface area is 53.1 Å². The van der Waals surface area contributed by atoms with Crippen LogP contribution in [0, 0.1) is 0 Å². The van der Waals surface area contributed by atoms with Crippen molar-refractivity contribution in [1.82, 2.24) is 0 Å². The van der Waals surface area contributed by atoms with Crippen LogP contribution in [0.4, 0.5) is 0 Å². The van der Waals surface area contributed by atoms with E-state index in [2.05, 4.69) is 0 Å². The molecule has 0 saturated carbocycles. The third-order valence-corrected chi connectivity index (χ3v) is 0. The first-order chi connectivity index (χ1) is 0. The Kier molecular flexibility index (Phi) is 404. The second kappa shape index (κ2) is 27.8. The topological polar surface area (TPSA) is 57.0 Å². The number of hydrogen-bond donors (Lipinski definition) is 0. The van der Waals surface area contributed by atoms with E-state index in [1.165, 1.54) is 0 Å². The van der Waals surface area contributed by atoms with Crippen molar-refractivity contribution >= 4 is 19.8 Å². The van der Waals surface area contributed by atoms with E-state index in [1.807, 2.05) is 0 Å². The number of hydrogen-bond acceptors (Lipinski definition) is 0. The Bertz CT molecular complexity index is 6.00. The third kappa shape index (κ3) is 10.3. The standard InChI is InChI=1S/Ag.Ga.2O/q+1;+3;2*-2. The van der Waals surface area contributed by atoms with E-state index >= 15 is 0 Å². The van der Waals surface area contributed by atoms with Crippen molar-refractivity contribution in [1.29, 1.82) is 0 Å². The predicted octanol–water partition coefficient (Wildman–Crippen LogP) is -0.621. The van der Waals surface area contributed by atoms with Gasteiger partial charge in [-0.25, -0.2) is 0 Å². The first kappa shape index (κ1) is 58.2. The van der Waals surface area contributed by atoms with Crippen LogP contribution in [0.1, 0.15) is 0 Å². The fourth-order valence-corrected chi connectivity index (χ4v) is 0. The first-order valence-corrected chi connectivity index (χ1v) is 0. The molecule has 0 heterocycles. The summed E-state index contributed by atoms with van der Waals surface area (Å²) in [6, 6.07) is 0. The van der Waals surface area contributed by atoms with Gasteiger partial charge in [-0.3, -0.25) is 0 Å². The van der Waals surface area contributed by atoms with Gasteiger partial charge < -0.3 is 11.0 Å². The van der Waals surface area contributed by atoms with Crippen LogP contribution in [-0.2, 0) is 33.3 Å². The van der Waals surface area contributed by atoms with Crippen LogP contribution in [-0.4, -0.2) is 19.8 Å². The minimum Gasteiger partial charge on any atom is -2.00 e. The molecule has 0 atom stereocenters. The van der Waals surface area contributed by atoms with Crippen molar-refractivity contribution in [2.45, 2.75) is 0 Å². The van der Waals surface area contributed by atoms with E-state index in [-0.39, 0.29) is 53.1 Å². The smallest absolute Gasteiger partial charge is 2.00 e. The molecule has 0 unspecified atom stereocenters. The summed E-state index contributed by atoms with van der Waals surface area (Å²) in [6.45, 7) is 0. The molecule has 0 spiro atoms. The summed E-state index contributed by atoms with van der Waals surface area (Å²) in [5.41, 5.74) is 0. The summed E-state index contributed by atoms with van der Waals surface area (Å²) in [5.74, 6) is 0. The van der Waals surface area contributed by atoms with Crippen molar-refractivity contribution < 1.29 is 33.3 Å². The molecule has 0 amide bonds. The fourth-order valence-electron chi connectivity index (χ4n) is 0. The molecule has 0 aliphatic carbocycles. The monoisotopic (exact) mass is 208 g/mol. The molecule has 4 heavy (non-hydrogen) atoms. The third-order valence-electron chi connectivity index (χ3n) is 0. The molecule has 0 fully saturated rings. The molecule has 2 nitrogen and oxygen atoms in total. The van der Waals surface area contributed by atoms with Gasteiger partial charge in [-0.15, -0.1) is 0 Å². The minimum atomic E-state index is 0. The van der Waals surface area contributed by atoms with Crippen molar-refractivity contribution in [2.75, 3.05) is 0 Å². The maximum Gasteiger partial charge on any atom is 3.00 e. The van der Waals surface area contributed by atoms with Crippen LogP contribution in [0.2, 0.25) is 0 Å². The molecule has 0 N–H and O–H groups in total. The van der Waals surface area contributed by atoms with Gasteiger partial charge >= 0.3 is 42.2 Å². The summed E-state index contributed by atoms with van der Waals surface area (Å²) in [4.78, 5) is 0. The van der Waals surface area contributed by atoms with Gasteiger partial charge in [-0.05, 0) is 0 Å². The minimum absolute atomic E-state index is 0. The van der Waals surface area contributed by atoms with E-state index < -0.39 is 0 Å². The van der Waals surface area contributed by atoms with E-state index in [9.17, 15) is 0 Å². The van der Waals surface area contributed by atoms with Gasteiger partial charge in [0.05, 0.1) is 0 Å². The molecule has 26 valence electrons. The molecular weight excluding hydrogens is 210 g/mol. The molecular formula is AgGaO2. The maximum atomic E-state index is 0. The molecule has 0 saturated heterocycles. The van der Waals surface area contributed by atoms with Crippen LogP contribution in [0.3, 0.4) is 0 Å². The molecule has 4 heteroatoms. The molecule has 0 aromatic heterocycles. The summed E-state index contributed by atoms with van der Waals surface area (Å²) >= 11 is 0. The second-order valence-corrected chi connectivity index (χ2v) is 0. The Balaban J connectivity index is 0. The molecule has 0 aliphatic heterocycles. The molecule has 0 bridgehead atoms. The quantitative estimate of drug-likeness (QED) is 0.478. The normalized spacial score (nSPS) is 0. The summed E-state index contributed by atoms with van der Waals surface area (Å²) in [6.07, 6.45) is 0. The van der Waals surface area contributed by atoms with Crippen molar-refractivity contribution in [2.24, 2.45) is 0 Å². The van der Waals surface area contributed by atoms with Crippen LogP contribution in [0.15, 0.2) is 0 Å². The maximum absolute atomic E-state index is 0. The zero-order chi connectivity index (χ0) is 0. The molecule has 0 aromatic rings. The molecule has 0 radical (unpaired) electrons. The van der Waals surface area contributed by atoms with Gasteiger partial charge in [0, 0.05) is 0 Å². The van der Waals surface area contributed by atoms with Crippen LogP contribution >= 0.6 is 0 Å². The molecule has 0 aliphatic rings. The Morgan fingerprint density at radius 1 is 0.750 bits per heavy atom. The van der Waals surface area contributed by atoms with E-state index in [0.29, 0.717) is 0 Å². The average Bonchev–Trinajstić information content (AvgIpc) is 0. The largest absolute Gasteiger partial charge is 3.00 e. The predicted molar refractivity (Wildman–Crippen MR) is 7.13 cm³/mol. The van der Waals surface area contributed by atoms with Crippen molar-refractivity contribution in [3.05, 3.63) is 0 Å². The van der Waals surface area contributed by atoms with E-state index in [1.54, 1.807) is 0 Å². The van der Waals surface area contributed by atoms with Gasteiger partial charge in [-0.2, -0.15) is 0 Å². The van der Waals surface area contributed by atoms with Gasteiger partial charge in [0.2, 0.25) is 0 Å². The zero-order valence-electron chi connectivity index (χ0n) is 1.70. The molecule has 0 rings (SSSR count). The SMILES string of the molecule is [Ag+].[Ga+3].[O-2].[O-2]. The van der Waals surface area contributed by atoms with Gasteiger partial charge in [0.25, 0.3) is 0 Å². The van der Waals surface area contributed by atoms with Gasteiger partial charge in [-0.1, -0.05) is 0 Å². The Morgan fingerprint density at radius 3 is 0.750 bits per heavy atom. The van der Waals surface area contributed by atoms with E-state index in [4.69, 9.17) is 0 Å². The fraction of sp³-hybridized carbons (Fsp3) is 0. The molecule has 0 aromatic carbocycles. The van der Waals surface area contributed by atoms with Crippen molar-refractivity contribution in [3.63, 3.8) is 0 Å². The van der Waals surface area contributed by atoms with Crippen LogP contribution in [0.5, 0.6) is 0 Å². The van der Waals surface area contributed by atoms with Crippen LogP contribution in [0.25, 0.3) is 0 Å². The Morgan fingerprint density at radius 2 is 0.750 bits per heavy atom. The summed E-state index contributed by atoms with van der Waals surface area (Å²) in [7, 11) is 0. The average molecular weight is 210 g/mol. The first-order valence-electron chi connectivity index (χ1n) is 0. The summed E-state index contributed by atoms with van der Waals surface area (Å²) in [5, 5.41) is 0. The second-order valence-electron chi connectivity index (χ2n) is 0. The van der Waals surface area contributed by atoms with Crippen molar-refractivity contribution in [3.8, 4) is 0 Å². The number of rotatable bonds is 0.